The maximum atomic E-state index is 13.5. The standard InChI is InChI=1S/C12H6ClF4N/c13-8-2-5(14)1-7(12(8)18)6-3-10(16)11(17)4-9(6)15/h1-4H,18H2. The Morgan fingerprint density at radius 2 is 1.39 bits per heavy atom. The van der Waals surface area contributed by atoms with Crippen LogP contribution in [0.15, 0.2) is 24.3 Å². The fourth-order valence-corrected chi connectivity index (χ4v) is 1.74. The maximum absolute atomic E-state index is 13.5. The summed E-state index contributed by atoms with van der Waals surface area (Å²) in [4.78, 5) is 0. The first kappa shape index (κ1) is 12.7. The summed E-state index contributed by atoms with van der Waals surface area (Å²) in [7, 11) is 0. The van der Waals surface area contributed by atoms with Crippen molar-refractivity contribution in [3.8, 4) is 11.1 Å². The second-order valence-electron chi connectivity index (χ2n) is 3.60. The van der Waals surface area contributed by atoms with Crippen molar-refractivity contribution in [2.45, 2.75) is 0 Å². The molecule has 0 aliphatic rings. The Hall–Kier alpha value is -1.75. The van der Waals surface area contributed by atoms with Gasteiger partial charge in [-0.05, 0) is 18.2 Å². The molecular formula is C12H6ClF4N. The van der Waals surface area contributed by atoms with Crippen LogP contribution in [0.2, 0.25) is 5.02 Å². The molecule has 2 aromatic carbocycles. The van der Waals surface area contributed by atoms with Crippen LogP contribution in [-0.4, -0.2) is 0 Å². The van der Waals surface area contributed by atoms with Gasteiger partial charge in [-0.15, -0.1) is 0 Å². The quantitative estimate of drug-likeness (QED) is 0.472. The summed E-state index contributed by atoms with van der Waals surface area (Å²) in [5, 5.41) is -0.130. The second-order valence-corrected chi connectivity index (χ2v) is 4.00. The highest BCUT2D eigenvalue weighted by atomic mass is 35.5. The molecule has 0 fully saturated rings. The molecule has 0 bridgehead atoms. The van der Waals surface area contributed by atoms with E-state index < -0.39 is 23.3 Å². The largest absolute Gasteiger partial charge is 0.397 e. The van der Waals surface area contributed by atoms with E-state index in [0.717, 1.165) is 12.1 Å². The topological polar surface area (TPSA) is 26.0 Å². The molecule has 0 saturated heterocycles. The van der Waals surface area contributed by atoms with E-state index in [9.17, 15) is 17.6 Å². The first-order valence-electron chi connectivity index (χ1n) is 4.79. The summed E-state index contributed by atoms with van der Waals surface area (Å²) in [5.74, 6) is -4.40. The molecule has 0 unspecified atom stereocenters. The third kappa shape index (κ3) is 2.13. The third-order valence-corrected chi connectivity index (χ3v) is 2.71. The monoisotopic (exact) mass is 275 g/mol. The Kier molecular flexibility index (Phi) is 3.17. The van der Waals surface area contributed by atoms with Crippen LogP contribution < -0.4 is 5.73 Å². The number of halogens is 5. The highest BCUT2D eigenvalue weighted by Crippen LogP contribution is 2.34. The molecule has 18 heavy (non-hydrogen) atoms. The van der Waals surface area contributed by atoms with Gasteiger partial charge in [0, 0.05) is 17.2 Å². The molecule has 0 amide bonds. The van der Waals surface area contributed by atoms with E-state index in [1.54, 1.807) is 0 Å². The van der Waals surface area contributed by atoms with Crippen LogP contribution >= 0.6 is 11.6 Å². The number of anilines is 1. The van der Waals surface area contributed by atoms with Gasteiger partial charge in [0.25, 0.3) is 0 Å². The minimum Gasteiger partial charge on any atom is -0.397 e. The van der Waals surface area contributed by atoms with Gasteiger partial charge in [0.05, 0.1) is 10.7 Å². The minimum atomic E-state index is -1.34. The molecule has 2 N–H and O–H groups in total. The lowest BCUT2D eigenvalue weighted by Crippen LogP contribution is -1.97. The van der Waals surface area contributed by atoms with Gasteiger partial charge in [-0.25, -0.2) is 17.6 Å². The van der Waals surface area contributed by atoms with Crippen LogP contribution in [0.25, 0.3) is 11.1 Å². The molecule has 2 rings (SSSR count). The van der Waals surface area contributed by atoms with Gasteiger partial charge in [-0.3, -0.25) is 0 Å². The Balaban J connectivity index is 2.73. The van der Waals surface area contributed by atoms with E-state index in [4.69, 9.17) is 17.3 Å². The summed E-state index contributed by atoms with van der Waals surface area (Å²) < 4.78 is 52.6. The summed E-state index contributed by atoms with van der Waals surface area (Å²) in [6, 6.07) is 2.81. The number of hydrogen-bond acceptors (Lipinski definition) is 1. The van der Waals surface area contributed by atoms with Crippen molar-refractivity contribution >= 4 is 17.3 Å². The Morgan fingerprint density at radius 1 is 0.778 bits per heavy atom. The van der Waals surface area contributed by atoms with E-state index >= 15 is 0 Å². The molecular weight excluding hydrogens is 270 g/mol. The lowest BCUT2D eigenvalue weighted by atomic mass is 10.0. The molecule has 0 aliphatic heterocycles. The van der Waals surface area contributed by atoms with E-state index in [1.165, 1.54) is 0 Å². The molecule has 0 aromatic heterocycles. The highest BCUT2D eigenvalue weighted by Gasteiger charge is 2.16. The van der Waals surface area contributed by atoms with Crippen LogP contribution in [0.1, 0.15) is 0 Å². The molecule has 94 valence electrons. The maximum Gasteiger partial charge on any atom is 0.161 e. The molecule has 0 saturated carbocycles. The molecule has 6 heteroatoms. The summed E-state index contributed by atoms with van der Waals surface area (Å²) in [6.45, 7) is 0. The third-order valence-electron chi connectivity index (χ3n) is 2.39. The first-order valence-corrected chi connectivity index (χ1v) is 5.17. The van der Waals surface area contributed by atoms with Crippen molar-refractivity contribution in [3.63, 3.8) is 0 Å². The molecule has 0 heterocycles. The lowest BCUT2D eigenvalue weighted by molar-refractivity contribution is 0.496. The van der Waals surface area contributed by atoms with Crippen molar-refractivity contribution < 1.29 is 17.6 Å². The van der Waals surface area contributed by atoms with Gasteiger partial charge in [-0.1, -0.05) is 11.6 Å². The SMILES string of the molecule is Nc1c(Cl)cc(F)cc1-c1cc(F)c(F)cc1F. The van der Waals surface area contributed by atoms with Crippen molar-refractivity contribution in [1.29, 1.82) is 0 Å². The molecule has 0 aliphatic carbocycles. The van der Waals surface area contributed by atoms with Crippen molar-refractivity contribution in [3.05, 3.63) is 52.6 Å². The van der Waals surface area contributed by atoms with Crippen molar-refractivity contribution in [2.24, 2.45) is 0 Å². The van der Waals surface area contributed by atoms with Gasteiger partial charge < -0.3 is 5.73 Å². The fraction of sp³-hybridized carbons (Fsp3) is 0. The number of benzene rings is 2. The summed E-state index contributed by atoms with van der Waals surface area (Å²) in [5.41, 5.74) is 4.97. The van der Waals surface area contributed by atoms with Gasteiger partial charge >= 0.3 is 0 Å². The normalized spacial score (nSPS) is 10.7. The second kappa shape index (κ2) is 4.49. The Bertz CT molecular complexity index is 628. The summed E-state index contributed by atoms with van der Waals surface area (Å²) >= 11 is 5.64. The molecule has 1 nitrogen and oxygen atoms in total. The van der Waals surface area contributed by atoms with Gasteiger partial charge in [0.1, 0.15) is 11.6 Å². The van der Waals surface area contributed by atoms with E-state index in [0.29, 0.717) is 12.1 Å². The smallest absolute Gasteiger partial charge is 0.161 e. The lowest BCUT2D eigenvalue weighted by Gasteiger charge is -2.09. The zero-order valence-corrected chi connectivity index (χ0v) is 9.53. The predicted octanol–water partition coefficient (Wildman–Crippen LogP) is 4.15. The Labute approximate surface area is 105 Å². The number of hydrogen-bond donors (Lipinski definition) is 1. The van der Waals surface area contributed by atoms with E-state index in [1.807, 2.05) is 0 Å². The molecule has 0 radical (unpaired) electrons. The molecule has 2 aromatic rings. The molecule has 0 spiro atoms. The van der Waals surface area contributed by atoms with Crippen LogP contribution in [0.4, 0.5) is 23.2 Å². The van der Waals surface area contributed by atoms with Crippen LogP contribution in [0.3, 0.4) is 0 Å². The fourth-order valence-electron chi connectivity index (χ4n) is 1.54. The average Bonchev–Trinajstić information content (AvgIpc) is 2.29. The average molecular weight is 276 g/mol. The van der Waals surface area contributed by atoms with E-state index in [-0.39, 0.29) is 21.8 Å². The zero-order chi connectivity index (χ0) is 13.4. The predicted molar refractivity (Wildman–Crippen MR) is 61.1 cm³/mol. The zero-order valence-electron chi connectivity index (χ0n) is 8.78. The Morgan fingerprint density at radius 3 is 2.06 bits per heavy atom. The van der Waals surface area contributed by atoms with Crippen LogP contribution in [-0.2, 0) is 0 Å². The van der Waals surface area contributed by atoms with E-state index in [2.05, 4.69) is 0 Å². The molecule has 0 atom stereocenters. The number of rotatable bonds is 1. The van der Waals surface area contributed by atoms with Gasteiger partial charge in [-0.2, -0.15) is 0 Å². The summed E-state index contributed by atoms with van der Waals surface area (Å²) in [6.07, 6.45) is 0. The minimum absolute atomic E-state index is 0.108. The van der Waals surface area contributed by atoms with Gasteiger partial charge in [0.2, 0.25) is 0 Å². The number of nitrogens with two attached hydrogens (primary N) is 1. The van der Waals surface area contributed by atoms with Gasteiger partial charge in [0.15, 0.2) is 11.6 Å². The van der Waals surface area contributed by atoms with Crippen LogP contribution in [0, 0.1) is 23.3 Å². The van der Waals surface area contributed by atoms with Crippen molar-refractivity contribution in [2.75, 3.05) is 5.73 Å². The van der Waals surface area contributed by atoms with Crippen molar-refractivity contribution in [1.82, 2.24) is 0 Å². The van der Waals surface area contributed by atoms with Crippen LogP contribution in [0.5, 0.6) is 0 Å². The highest BCUT2D eigenvalue weighted by molar-refractivity contribution is 6.33. The first-order chi connectivity index (χ1) is 8.40. The number of nitrogen functional groups attached to an aromatic ring is 1.